The monoisotopic (exact) mass is 322 g/mol. The van der Waals surface area contributed by atoms with Crippen molar-refractivity contribution < 1.29 is 33.0 Å². The van der Waals surface area contributed by atoms with Crippen molar-refractivity contribution in [1.29, 1.82) is 0 Å². The van der Waals surface area contributed by atoms with Crippen LogP contribution >= 0.6 is 0 Å². The van der Waals surface area contributed by atoms with Crippen molar-refractivity contribution in [2.24, 2.45) is 17.3 Å². The molecule has 0 aromatic rings. The average Bonchev–Trinajstić information content (AvgIpc) is 2.75. The molecule has 0 amide bonds. The number of aliphatic hydroxyl groups is 1. The number of rotatable bonds is 7. The van der Waals surface area contributed by atoms with E-state index in [9.17, 15) is 28.2 Å². The second-order valence-electron chi connectivity index (χ2n) is 5.59. The minimum absolute atomic E-state index is 0.0147. The number of carbonyl (C=O) groups excluding carboxylic acids is 1. The first-order valence-corrected chi connectivity index (χ1v) is 8.73. The normalized spacial score (nSPS) is 25.0. The van der Waals surface area contributed by atoms with E-state index in [1.807, 2.05) is 0 Å². The van der Waals surface area contributed by atoms with Gasteiger partial charge in [-0.25, -0.2) is 8.42 Å². The van der Waals surface area contributed by atoms with Gasteiger partial charge < -0.3 is 14.9 Å². The van der Waals surface area contributed by atoms with Crippen LogP contribution in [-0.2, 0) is 24.2 Å². The fraction of sp³-hybridized carbons (Fsp3) is 0.846. The zero-order chi connectivity index (χ0) is 16.3. The largest absolute Gasteiger partial charge is 0.480 e. The van der Waals surface area contributed by atoms with Crippen LogP contribution in [0.15, 0.2) is 0 Å². The highest BCUT2D eigenvalue weighted by molar-refractivity contribution is 7.91. The number of aliphatic hydroxyl groups excluding tert-OH is 1. The van der Waals surface area contributed by atoms with Crippen molar-refractivity contribution in [1.82, 2.24) is 0 Å². The number of hydrogen-bond donors (Lipinski definition) is 2. The second-order valence-corrected chi connectivity index (χ2v) is 7.82. The minimum atomic E-state index is -3.34. The van der Waals surface area contributed by atoms with Gasteiger partial charge in [-0.2, -0.15) is 0 Å². The summed E-state index contributed by atoms with van der Waals surface area (Å²) < 4.78 is 28.2. The Morgan fingerprint density at radius 1 is 1.43 bits per heavy atom. The summed E-state index contributed by atoms with van der Waals surface area (Å²) >= 11 is 0. The molecule has 2 N–H and O–H groups in total. The lowest BCUT2D eigenvalue weighted by Gasteiger charge is -2.33. The van der Waals surface area contributed by atoms with Crippen LogP contribution in [0.25, 0.3) is 0 Å². The summed E-state index contributed by atoms with van der Waals surface area (Å²) in [5, 5.41) is 18.8. The molecular weight excluding hydrogens is 300 g/mol. The van der Waals surface area contributed by atoms with Crippen molar-refractivity contribution in [2.45, 2.75) is 26.7 Å². The summed E-state index contributed by atoms with van der Waals surface area (Å²) in [6, 6.07) is 0. The molecule has 0 saturated carbocycles. The predicted octanol–water partition coefficient (Wildman–Crippen LogP) is 0.0737. The topological polar surface area (TPSA) is 118 Å². The van der Waals surface area contributed by atoms with E-state index in [1.54, 1.807) is 13.8 Å². The molecule has 21 heavy (non-hydrogen) atoms. The average molecular weight is 322 g/mol. The molecule has 1 rings (SSSR count). The van der Waals surface area contributed by atoms with Crippen LogP contribution in [0, 0.1) is 17.3 Å². The molecule has 3 unspecified atom stereocenters. The first-order chi connectivity index (χ1) is 9.69. The zero-order valence-corrected chi connectivity index (χ0v) is 13.1. The SMILES string of the molecule is CCOC(=O)C(CC(C)CO)(C(=O)O)C1CCS(=O)(=O)C1. The van der Waals surface area contributed by atoms with Crippen LogP contribution < -0.4 is 0 Å². The molecule has 122 valence electrons. The highest BCUT2D eigenvalue weighted by atomic mass is 32.2. The number of hydrogen-bond acceptors (Lipinski definition) is 6. The Morgan fingerprint density at radius 2 is 2.05 bits per heavy atom. The molecule has 0 spiro atoms. The van der Waals surface area contributed by atoms with Crippen molar-refractivity contribution >= 4 is 21.8 Å². The van der Waals surface area contributed by atoms with Crippen LogP contribution in [0.2, 0.25) is 0 Å². The van der Waals surface area contributed by atoms with Crippen molar-refractivity contribution in [3.63, 3.8) is 0 Å². The first kappa shape index (κ1) is 17.9. The number of carboxylic acid groups (broad SMARTS) is 1. The smallest absolute Gasteiger partial charge is 0.323 e. The van der Waals surface area contributed by atoms with E-state index in [-0.39, 0.29) is 37.6 Å². The molecule has 0 aromatic heterocycles. The molecule has 0 aromatic carbocycles. The summed E-state index contributed by atoms with van der Waals surface area (Å²) in [5.74, 6) is -4.04. The number of aliphatic carboxylic acids is 1. The van der Waals surface area contributed by atoms with Gasteiger partial charge in [0.15, 0.2) is 15.3 Å². The third kappa shape index (κ3) is 3.74. The lowest BCUT2D eigenvalue weighted by molar-refractivity contribution is -0.174. The van der Waals surface area contributed by atoms with Crippen LogP contribution in [0.4, 0.5) is 0 Å². The van der Waals surface area contributed by atoms with Gasteiger partial charge in [-0.05, 0) is 25.7 Å². The molecule has 0 aliphatic carbocycles. The number of sulfone groups is 1. The molecule has 3 atom stereocenters. The number of esters is 1. The Kier molecular flexibility index (Phi) is 5.75. The fourth-order valence-corrected chi connectivity index (χ4v) is 4.70. The molecule has 1 aliphatic heterocycles. The lowest BCUT2D eigenvalue weighted by Crippen LogP contribution is -2.48. The van der Waals surface area contributed by atoms with Gasteiger partial charge >= 0.3 is 11.9 Å². The van der Waals surface area contributed by atoms with E-state index < -0.39 is 39.0 Å². The summed E-state index contributed by atoms with van der Waals surface area (Å²) in [6.07, 6.45) is -0.0244. The van der Waals surface area contributed by atoms with Gasteiger partial charge in [0.25, 0.3) is 0 Å². The Hall–Kier alpha value is -1.15. The van der Waals surface area contributed by atoms with Gasteiger partial charge in [0.1, 0.15) is 0 Å². The first-order valence-electron chi connectivity index (χ1n) is 6.91. The quantitative estimate of drug-likeness (QED) is 0.503. The van der Waals surface area contributed by atoms with Gasteiger partial charge in [-0.1, -0.05) is 6.92 Å². The number of carboxylic acids is 1. The van der Waals surface area contributed by atoms with Gasteiger partial charge in [0.05, 0.1) is 18.1 Å². The van der Waals surface area contributed by atoms with E-state index in [0.29, 0.717) is 0 Å². The van der Waals surface area contributed by atoms with E-state index in [1.165, 1.54) is 0 Å². The summed E-state index contributed by atoms with van der Waals surface area (Å²) in [4.78, 5) is 24.1. The van der Waals surface area contributed by atoms with Gasteiger partial charge in [-0.3, -0.25) is 9.59 Å². The maximum absolute atomic E-state index is 12.3. The zero-order valence-electron chi connectivity index (χ0n) is 12.2. The van der Waals surface area contributed by atoms with E-state index in [2.05, 4.69) is 0 Å². The van der Waals surface area contributed by atoms with Crippen molar-refractivity contribution in [3.05, 3.63) is 0 Å². The van der Waals surface area contributed by atoms with Crippen LogP contribution in [-0.4, -0.2) is 55.3 Å². The third-order valence-electron chi connectivity index (χ3n) is 3.93. The van der Waals surface area contributed by atoms with Crippen LogP contribution in [0.5, 0.6) is 0 Å². The third-order valence-corrected chi connectivity index (χ3v) is 5.70. The molecule has 1 aliphatic rings. The Balaban J connectivity index is 3.24. The Labute approximate surface area is 124 Å². The number of carbonyl (C=O) groups is 2. The van der Waals surface area contributed by atoms with Gasteiger partial charge in [0.2, 0.25) is 0 Å². The highest BCUT2D eigenvalue weighted by Crippen LogP contribution is 2.42. The van der Waals surface area contributed by atoms with E-state index in [4.69, 9.17) is 4.74 Å². The Bertz CT molecular complexity index is 499. The lowest BCUT2D eigenvalue weighted by atomic mass is 9.69. The fourth-order valence-electron chi connectivity index (χ4n) is 2.82. The number of ether oxygens (including phenoxy) is 1. The van der Waals surface area contributed by atoms with E-state index in [0.717, 1.165) is 0 Å². The second kappa shape index (κ2) is 6.74. The molecule has 1 saturated heterocycles. The maximum Gasteiger partial charge on any atom is 0.323 e. The van der Waals surface area contributed by atoms with Crippen LogP contribution in [0.3, 0.4) is 0 Å². The summed E-state index contributed by atoms with van der Waals surface area (Å²) in [6.45, 7) is 2.90. The molecule has 7 nitrogen and oxygen atoms in total. The minimum Gasteiger partial charge on any atom is -0.480 e. The molecule has 0 bridgehead atoms. The molecular formula is C13H22O7S. The Morgan fingerprint density at radius 3 is 2.43 bits per heavy atom. The van der Waals surface area contributed by atoms with Gasteiger partial charge in [-0.15, -0.1) is 0 Å². The molecule has 1 heterocycles. The molecule has 1 fully saturated rings. The predicted molar refractivity (Wildman–Crippen MR) is 74.3 cm³/mol. The standard InChI is InChI=1S/C13H22O7S/c1-3-20-12(17)13(11(15)16,6-9(2)7-14)10-4-5-21(18,19)8-10/h9-10,14H,3-8H2,1-2H3,(H,15,16). The molecule has 8 heteroatoms. The summed E-state index contributed by atoms with van der Waals surface area (Å²) in [5.41, 5.74) is -1.91. The van der Waals surface area contributed by atoms with E-state index >= 15 is 0 Å². The summed E-state index contributed by atoms with van der Waals surface area (Å²) in [7, 11) is -3.34. The van der Waals surface area contributed by atoms with Crippen molar-refractivity contribution in [2.75, 3.05) is 24.7 Å². The maximum atomic E-state index is 12.3. The van der Waals surface area contributed by atoms with Gasteiger partial charge in [0, 0.05) is 12.5 Å². The highest BCUT2D eigenvalue weighted by Gasteiger charge is 2.57. The van der Waals surface area contributed by atoms with Crippen LogP contribution in [0.1, 0.15) is 26.7 Å². The van der Waals surface area contributed by atoms with Crippen molar-refractivity contribution in [3.8, 4) is 0 Å². The molecule has 0 radical (unpaired) electrons.